The molecule has 0 spiro atoms. The van der Waals surface area contributed by atoms with Crippen molar-refractivity contribution < 1.29 is 0 Å². The molecule has 0 radical (unpaired) electrons. The van der Waals surface area contributed by atoms with Crippen molar-refractivity contribution in [2.75, 3.05) is 6.54 Å². The van der Waals surface area contributed by atoms with Gasteiger partial charge in [-0.1, -0.05) is 6.42 Å². The normalized spacial score (nSPS) is 9.82. The molecule has 0 heterocycles. The van der Waals surface area contributed by atoms with E-state index < -0.39 is 0 Å². The van der Waals surface area contributed by atoms with E-state index in [4.69, 9.17) is 11.5 Å². The molecule has 0 atom stereocenters. The van der Waals surface area contributed by atoms with Crippen LogP contribution in [0.25, 0.3) is 0 Å². The monoisotopic (exact) mass is 290 g/mol. The molecule has 0 rings (SSSR count). The summed E-state index contributed by atoms with van der Waals surface area (Å²) in [7, 11) is 0. The third-order valence-electron chi connectivity index (χ3n) is 1.28. The Labute approximate surface area is 90.6 Å². The molecule has 4 heteroatoms. The fourth-order valence-electron chi connectivity index (χ4n) is 0.725. The zero-order valence-electron chi connectivity index (χ0n) is 7.30. The molecule has 0 aromatic heterocycles. The van der Waals surface area contributed by atoms with Gasteiger partial charge in [0.2, 0.25) is 0 Å². The van der Waals surface area contributed by atoms with Gasteiger partial charge in [-0.05, 0) is 33.2 Å². The maximum atomic E-state index is 5.74. The van der Waals surface area contributed by atoms with Crippen molar-refractivity contribution in [2.24, 2.45) is 11.5 Å². The maximum absolute atomic E-state index is 5.74. The maximum Gasteiger partial charge on any atom is 0.00970 e. The minimum absolute atomic E-state index is 0. The third-order valence-corrected chi connectivity index (χ3v) is 1.28. The number of rotatable bonds is 4. The summed E-state index contributed by atoms with van der Waals surface area (Å²) in [6.45, 7) is 4.88. The van der Waals surface area contributed by atoms with Gasteiger partial charge in [-0.2, -0.15) is 0 Å². The van der Waals surface area contributed by atoms with Crippen molar-refractivity contribution in [3.8, 4) is 0 Å². The number of hydrogen-bond donors (Lipinski definition) is 2. The molecule has 2 nitrogen and oxygen atoms in total. The van der Waals surface area contributed by atoms with Gasteiger partial charge in [-0.15, -0.1) is 34.0 Å². The average molecular weight is 292 g/mol. The molecule has 0 aliphatic carbocycles. The first kappa shape index (κ1) is 17.8. The van der Waals surface area contributed by atoms with Crippen molar-refractivity contribution in [1.29, 1.82) is 0 Å². The Balaban J connectivity index is -0.000000320. The molecule has 0 aromatic rings. The van der Waals surface area contributed by atoms with E-state index in [1.807, 2.05) is 13.8 Å². The van der Waals surface area contributed by atoms with Gasteiger partial charge in [-0.3, -0.25) is 0 Å². The van der Waals surface area contributed by atoms with Crippen molar-refractivity contribution in [2.45, 2.75) is 38.6 Å². The van der Waals surface area contributed by atoms with E-state index in [2.05, 4.69) is 0 Å². The van der Waals surface area contributed by atoms with Crippen LogP contribution in [0.5, 0.6) is 0 Å². The van der Waals surface area contributed by atoms with E-state index in [9.17, 15) is 0 Å². The molecule has 0 aromatic carbocycles. The molecular formula is C7H20Br2N2. The van der Waals surface area contributed by atoms with Gasteiger partial charge in [-0.25, -0.2) is 0 Å². The Hall–Kier alpha value is 0.880. The highest BCUT2D eigenvalue weighted by molar-refractivity contribution is 8.93. The van der Waals surface area contributed by atoms with Crippen LogP contribution in [0.2, 0.25) is 0 Å². The Kier molecular flexibility index (Phi) is 14.5. The molecule has 0 saturated heterocycles. The first-order chi connectivity index (χ1) is 4.06. The second-order valence-corrected chi connectivity index (χ2v) is 3.23. The second-order valence-electron chi connectivity index (χ2n) is 3.23. The standard InChI is InChI=1S/C7H18N2.2BrH/c1-7(2,9)5-3-4-6-8;;/h3-6,8-9H2,1-2H3;2*1H. The predicted octanol–water partition coefficient (Wildman–Crippen LogP) is 2.01. The van der Waals surface area contributed by atoms with Gasteiger partial charge in [0.15, 0.2) is 0 Å². The summed E-state index contributed by atoms with van der Waals surface area (Å²) in [6.07, 6.45) is 3.32. The highest BCUT2D eigenvalue weighted by Gasteiger charge is 2.08. The summed E-state index contributed by atoms with van der Waals surface area (Å²) >= 11 is 0. The van der Waals surface area contributed by atoms with Crippen LogP contribution in [0.3, 0.4) is 0 Å². The molecule has 0 fully saturated rings. The number of nitrogens with two attached hydrogens (primary N) is 2. The molecule has 0 amide bonds. The molecule has 0 bridgehead atoms. The van der Waals surface area contributed by atoms with E-state index in [-0.39, 0.29) is 39.5 Å². The molecule has 0 aliphatic heterocycles. The molecule has 72 valence electrons. The second kappa shape index (κ2) is 8.97. The van der Waals surface area contributed by atoms with Crippen molar-refractivity contribution in [3.63, 3.8) is 0 Å². The van der Waals surface area contributed by atoms with Gasteiger partial charge in [0.1, 0.15) is 0 Å². The van der Waals surface area contributed by atoms with E-state index in [1.165, 1.54) is 0 Å². The lowest BCUT2D eigenvalue weighted by atomic mass is 9.99. The van der Waals surface area contributed by atoms with Crippen LogP contribution < -0.4 is 11.5 Å². The number of unbranched alkanes of at least 4 members (excludes halogenated alkanes) is 1. The number of hydrogen-bond acceptors (Lipinski definition) is 2. The molecule has 0 saturated carbocycles. The third kappa shape index (κ3) is 18.1. The summed E-state index contributed by atoms with van der Waals surface area (Å²) in [5.74, 6) is 0. The molecule has 0 unspecified atom stereocenters. The van der Waals surface area contributed by atoms with Gasteiger partial charge in [0.05, 0.1) is 0 Å². The van der Waals surface area contributed by atoms with E-state index in [1.54, 1.807) is 0 Å². The van der Waals surface area contributed by atoms with Crippen LogP contribution in [-0.4, -0.2) is 12.1 Å². The summed E-state index contributed by atoms with van der Waals surface area (Å²) in [5.41, 5.74) is 11.0. The Morgan fingerprint density at radius 1 is 1.09 bits per heavy atom. The van der Waals surface area contributed by atoms with Gasteiger partial charge in [0.25, 0.3) is 0 Å². The molecule has 11 heavy (non-hydrogen) atoms. The van der Waals surface area contributed by atoms with Gasteiger partial charge < -0.3 is 11.5 Å². The van der Waals surface area contributed by atoms with E-state index >= 15 is 0 Å². The van der Waals surface area contributed by atoms with E-state index in [0.29, 0.717) is 0 Å². The lowest BCUT2D eigenvalue weighted by Crippen LogP contribution is -2.31. The topological polar surface area (TPSA) is 52.0 Å². The average Bonchev–Trinajstić information content (AvgIpc) is 1.63. The Morgan fingerprint density at radius 2 is 1.55 bits per heavy atom. The summed E-state index contributed by atoms with van der Waals surface area (Å²) < 4.78 is 0. The summed E-state index contributed by atoms with van der Waals surface area (Å²) in [6, 6.07) is 0. The summed E-state index contributed by atoms with van der Waals surface area (Å²) in [5, 5.41) is 0. The quantitative estimate of drug-likeness (QED) is 0.779. The van der Waals surface area contributed by atoms with Crippen LogP contribution in [-0.2, 0) is 0 Å². The first-order valence-corrected chi connectivity index (χ1v) is 3.55. The minimum Gasteiger partial charge on any atom is -0.330 e. The minimum atomic E-state index is -0.00479. The van der Waals surface area contributed by atoms with Crippen molar-refractivity contribution >= 4 is 34.0 Å². The Bertz CT molecular complexity index is 71.3. The van der Waals surface area contributed by atoms with Crippen LogP contribution in [0.1, 0.15) is 33.1 Å². The van der Waals surface area contributed by atoms with Gasteiger partial charge in [0, 0.05) is 5.54 Å². The fraction of sp³-hybridized carbons (Fsp3) is 1.00. The van der Waals surface area contributed by atoms with Gasteiger partial charge >= 0.3 is 0 Å². The smallest absolute Gasteiger partial charge is 0.00970 e. The Morgan fingerprint density at radius 3 is 1.82 bits per heavy atom. The molecule has 0 aliphatic rings. The lowest BCUT2D eigenvalue weighted by Gasteiger charge is -2.17. The van der Waals surface area contributed by atoms with E-state index in [0.717, 1.165) is 25.8 Å². The van der Waals surface area contributed by atoms with Crippen LogP contribution in [0.4, 0.5) is 0 Å². The summed E-state index contributed by atoms with van der Waals surface area (Å²) in [4.78, 5) is 0. The van der Waals surface area contributed by atoms with Crippen molar-refractivity contribution in [1.82, 2.24) is 0 Å². The SMILES string of the molecule is Br.Br.CC(C)(N)CCCCN. The van der Waals surface area contributed by atoms with Crippen LogP contribution >= 0.6 is 34.0 Å². The zero-order chi connectivity index (χ0) is 7.33. The lowest BCUT2D eigenvalue weighted by molar-refractivity contribution is 0.452. The molecular weight excluding hydrogens is 272 g/mol. The first-order valence-electron chi connectivity index (χ1n) is 3.55. The van der Waals surface area contributed by atoms with Crippen LogP contribution in [0, 0.1) is 0 Å². The molecule has 4 N–H and O–H groups in total. The highest BCUT2D eigenvalue weighted by atomic mass is 79.9. The van der Waals surface area contributed by atoms with Crippen molar-refractivity contribution in [3.05, 3.63) is 0 Å². The highest BCUT2D eigenvalue weighted by Crippen LogP contribution is 2.07. The predicted molar refractivity (Wildman–Crippen MR) is 61.8 cm³/mol. The zero-order valence-corrected chi connectivity index (χ0v) is 10.7. The fourth-order valence-corrected chi connectivity index (χ4v) is 0.725. The van der Waals surface area contributed by atoms with Crippen LogP contribution in [0.15, 0.2) is 0 Å². The number of halogens is 2. The largest absolute Gasteiger partial charge is 0.330 e.